The smallest absolute Gasteiger partial charge is 0.228 e. The number of carbonyl (C=O) groups is 1. The third-order valence-corrected chi connectivity index (χ3v) is 10.1. The van der Waals surface area contributed by atoms with E-state index in [1.807, 2.05) is 0 Å². The summed E-state index contributed by atoms with van der Waals surface area (Å²) in [5.74, 6) is 2.45. The molecule has 198 valence electrons. The zero-order valence-corrected chi connectivity index (χ0v) is 22.6. The van der Waals surface area contributed by atoms with Gasteiger partial charge in [0.1, 0.15) is 5.75 Å². The fourth-order valence-corrected chi connectivity index (χ4v) is 8.30. The number of nitrogens with one attached hydrogen (secondary N) is 2. The van der Waals surface area contributed by atoms with Gasteiger partial charge in [0.15, 0.2) is 0 Å². The van der Waals surface area contributed by atoms with Crippen LogP contribution < -0.4 is 15.4 Å². The van der Waals surface area contributed by atoms with Crippen LogP contribution in [0.3, 0.4) is 0 Å². The number of hydrogen-bond donors (Lipinski definition) is 2. The Kier molecular flexibility index (Phi) is 7.02. The van der Waals surface area contributed by atoms with Gasteiger partial charge in [-0.05, 0) is 67.2 Å². The van der Waals surface area contributed by atoms with E-state index in [1.165, 1.54) is 54.4 Å². The molecule has 2 N–H and O–H groups in total. The molecule has 3 aliphatic heterocycles. The monoisotopic (exact) mass is 501 g/mol. The number of hydrogen-bond acceptors (Lipinski definition) is 4. The number of nitrogens with zero attached hydrogens (tertiary/aromatic N) is 1. The van der Waals surface area contributed by atoms with E-state index in [4.69, 9.17) is 4.74 Å². The van der Waals surface area contributed by atoms with Crippen LogP contribution in [0.1, 0.15) is 73.1 Å². The van der Waals surface area contributed by atoms with Crippen LogP contribution in [-0.2, 0) is 16.8 Å². The summed E-state index contributed by atoms with van der Waals surface area (Å²) in [5, 5.41) is 7.34. The zero-order chi connectivity index (χ0) is 25.4. The largest absolute Gasteiger partial charge is 0.496 e. The third kappa shape index (κ3) is 4.38. The van der Waals surface area contributed by atoms with Gasteiger partial charge in [-0.1, -0.05) is 55.7 Å². The zero-order valence-electron chi connectivity index (χ0n) is 22.6. The molecule has 0 radical (unpaired) electrons. The van der Waals surface area contributed by atoms with Gasteiger partial charge in [-0.15, -0.1) is 0 Å². The minimum absolute atomic E-state index is 0.0516. The van der Waals surface area contributed by atoms with Crippen molar-refractivity contribution in [3.63, 3.8) is 0 Å². The van der Waals surface area contributed by atoms with Crippen LogP contribution in [0.4, 0.5) is 0 Å². The molecule has 1 spiro atoms. The minimum Gasteiger partial charge on any atom is -0.496 e. The number of piperidine rings is 1. The Morgan fingerprint density at radius 1 is 1.00 bits per heavy atom. The van der Waals surface area contributed by atoms with E-state index in [1.54, 1.807) is 7.11 Å². The van der Waals surface area contributed by atoms with Crippen LogP contribution in [0, 0.1) is 18.8 Å². The van der Waals surface area contributed by atoms with Crippen LogP contribution in [0.2, 0.25) is 0 Å². The Labute approximate surface area is 222 Å². The first-order valence-corrected chi connectivity index (χ1v) is 14.6. The van der Waals surface area contributed by atoms with E-state index in [2.05, 4.69) is 64.9 Å². The predicted molar refractivity (Wildman–Crippen MR) is 148 cm³/mol. The highest BCUT2D eigenvalue weighted by molar-refractivity contribution is 5.83. The summed E-state index contributed by atoms with van der Waals surface area (Å²) in [5.41, 5.74) is 5.09. The summed E-state index contributed by atoms with van der Waals surface area (Å²) in [6.07, 6.45) is 8.67. The van der Waals surface area contributed by atoms with Crippen LogP contribution in [0.25, 0.3) is 0 Å². The predicted octanol–water partition coefficient (Wildman–Crippen LogP) is 4.92. The maximum absolute atomic E-state index is 14.7. The molecule has 0 unspecified atom stereocenters. The maximum atomic E-state index is 14.7. The van der Waals surface area contributed by atoms with Gasteiger partial charge < -0.3 is 20.3 Å². The van der Waals surface area contributed by atoms with E-state index in [0.29, 0.717) is 23.8 Å². The molecule has 37 heavy (non-hydrogen) atoms. The number of carbonyl (C=O) groups excluding carboxylic acids is 1. The quantitative estimate of drug-likeness (QED) is 0.625. The average molecular weight is 502 g/mol. The Morgan fingerprint density at radius 2 is 1.78 bits per heavy atom. The Balaban J connectivity index is 1.33. The highest BCUT2D eigenvalue weighted by Crippen LogP contribution is 2.46. The van der Waals surface area contributed by atoms with Gasteiger partial charge in [0.25, 0.3) is 0 Å². The number of likely N-dealkylation sites (tertiary alicyclic amines) is 1. The topological polar surface area (TPSA) is 53.6 Å². The fourth-order valence-electron chi connectivity index (χ4n) is 8.30. The Bertz CT molecular complexity index is 1110. The van der Waals surface area contributed by atoms with Gasteiger partial charge in [0.2, 0.25) is 5.91 Å². The lowest BCUT2D eigenvalue weighted by Crippen LogP contribution is -2.57. The molecule has 1 aliphatic carbocycles. The molecule has 0 aromatic heterocycles. The van der Waals surface area contributed by atoms with Crippen molar-refractivity contribution in [2.45, 2.75) is 75.8 Å². The molecule has 5 heteroatoms. The van der Waals surface area contributed by atoms with Gasteiger partial charge in [-0.25, -0.2) is 0 Å². The molecule has 5 nitrogen and oxygen atoms in total. The molecule has 4 atom stereocenters. The normalized spacial score (nSPS) is 30.3. The first-order chi connectivity index (χ1) is 18.1. The number of fused-ring (bicyclic) bond motifs is 2. The highest BCUT2D eigenvalue weighted by atomic mass is 16.5. The van der Waals surface area contributed by atoms with Crippen molar-refractivity contribution in [2.75, 3.05) is 33.3 Å². The minimum atomic E-state index is -0.226. The number of aryl methyl sites for hydroxylation is 1. The molecule has 0 bridgehead atoms. The van der Waals surface area contributed by atoms with Crippen LogP contribution in [-0.4, -0.2) is 50.1 Å². The van der Waals surface area contributed by atoms with Gasteiger partial charge in [0.05, 0.1) is 13.0 Å². The average Bonchev–Trinajstić information content (AvgIpc) is 3.37. The molecule has 1 amide bonds. The lowest BCUT2D eigenvalue weighted by Gasteiger charge is -2.48. The number of amides is 1. The molecular weight excluding hydrogens is 458 g/mol. The van der Waals surface area contributed by atoms with Crippen molar-refractivity contribution >= 4 is 5.91 Å². The van der Waals surface area contributed by atoms with Crippen LogP contribution in [0.15, 0.2) is 42.5 Å². The number of methoxy groups -OCH3 is 1. The lowest BCUT2D eigenvalue weighted by molar-refractivity contribution is -0.142. The molecule has 4 aliphatic rings. The van der Waals surface area contributed by atoms with Crippen LogP contribution >= 0.6 is 0 Å². The summed E-state index contributed by atoms with van der Waals surface area (Å²) in [4.78, 5) is 17.0. The molecule has 2 saturated heterocycles. The van der Waals surface area contributed by atoms with E-state index < -0.39 is 0 Å². The highest BCUT2D eigenvalue weighted by Gasteiger charge is 2.53. The summed E-state index contributed by atoms with van der Waals surface area (Å²) < 4.78 is 5.78. The fraction of sp³-hybridized carbons (Fsp3) is 0.594. The van der Waals surface area contributed by atoms with Gasteiger partial charge in [0, 0.05) is 49.7 Å². The molecule has 6 rings (SSSR count). The molecule has 1 saturated carbocycles. The number of ether oxygens (including phenoxy) is 1. The third-order valence-electron chi connectivity index (χ3n) is 10.1. The summed E-state index contributed by atoms with van der Waals surface area (Å²) >= 11 is 0. The molecule has 2 aromatic rings. The second-order valence-electron chi connectivity index (χ2n) is 12.0. The summed E-state index contributed by atoms with van der Waals surface area (Å²) in [6.45, 7) is 6.32. The lowest BCUT2D eigenvalue weighted by atomic mass is 9.66. The van der Waals surface area contributed by atoms with Crippen molar-refractivity contribution in [3.8, 4) is 5.75 Å². The van der Waals surface area contributed by atoms with Crippen LogP contribution in [0.5, 0.6) is 5.75 Å². The van der Waals surface area contributed by atoms with Crippen molar-refractivity contribution in [1.29, 1.82) is 0 Å². The van der Waals surface area contributed by atoms with E-state index in [9.17, 15) is 4.79 Å². The Morgan fingerprint density at radius 3 is 2.57 bits per heavy atom. The molecule has 3 fully saturated rings. The van der Waals surface area contributed by atoms with Crippen molar-refractivity contribution in [3.05, 3.63) is 64.7 Å². The first kappa shape index (κ1) is 24.9. The van der Waals surface area contributed by atoms with E-state index in [-0.39, 0.29) is 11.3 Å². The van der Waals surface area contributed by atoms with Gasteiger partial charge in [-0.2, -0.15) is 0 Å². The second kappa shape index (κ2) is 10.4. The molecule has 3 heterocycles. The SMILES string of the molecule is COc1ccc(C)c2c1CNC[C@]21CNC[C@H]1C(=O)N1CC[C@@H](c2ccccc2)C[C@H]1C1CCCCC1. The van der Waals surface area contributed by atoms with E-state index >= 15 is 0 Å². The van der Waals surface area contributed by atoms with Crippen molar-refractivity contribution in [2.24, 2.45) is 11.8 Å². The van der Waals surface area contributed by atoms with Gasteiger partial charge in [-0.3, -0.25) is 4.79 Å². The number of benzene rings is 2. The van der Waals surface area contributed by atoms with Crippen molar-refractivity contribution < 1.29 is 9.53 Å². The standard InChI is InChI=1S/C32H43N3O2/c1-22-13-14-29(37-2)26-18-33-20-32(30(22)26)21-34-19-27(32)31(36)35-16-15-25(23-9-5-3-6-10-23)17-28(35)24-11-7-4-8-12-24/h3,5-6,9-10,13-14,24-25,27-28,33-34H,4,7-8,11-12,15-21H2,1-2H3/t25-,27+,28+,32-/m1/s1. The maximum Gasteiger partial charge on any atom is 0.228 e. The Hall–Kier alpha value is -2.37. The van der Waals surface area contributed by atoms with E-state index in [0.717, 1.165) is 51.3 Å². The van der Waals surface area contributed by atoms with Crippen molar-refractivity contribution in [1.82, 2.24) is 15.5 Å². The molecule has 2 aromatic carbocycles. The summed E-state index contributed by atoms with van der Waals surface area (Å²) in [7, 11) is 1.76. The number of rotatable bonds is 4. The molecular formula is C32H43N3O2. The summed E-state index contributed by atoms with van der Waals surface area (Å²) in [6, 6.07) is 15.6. The second-order valence-corrected chi connectivity index (χ2v) is 12.0. The van der Waals surface area contributed by atoms with Gasteiger partial charge >= 0.3 is 0 Å². The first-order valence-electron chi connectivity index (χ1n) is 14.6.